The second-order valence-electron chi connectivity index (χ2n) is 5.90. The number of nitrogens with zero attached hydrogens (tertiary/aromatic N) is 3. The van der Waals surface area contributed by atoms with Crippen LogP contribution in [0.2, 0.25) is 0 Å². The Hall–Kier alpha value is -2.67. The standard InChI is InChI=1S/C17H20N4O3/c1-12-3-4-15(18-8-12)19-16(22)10-20(2)17(23)13-7-14-11-24-6-5-21(14)9-13/h3-4,7-9H,5-6,10-11H2,1-2H3,(H,18,19,22). The second-order valence-corrected chi connectivity index (χ2v) is 5.90. The maximum absolute atomic E-state index is 12.5. The summed E-state index contributed by atoms with van der Waals surface area (Å²) in [6.07, 6.45) is 3.49. The minimum Gasteiger partial charge on any atom is -0.373 e. The Morgan fingerprint density at radius 1 is 1.42 bits per heavy atom. The number of amides is 2. The molecule has 7 nitrogen and oxygen atoms in total. The van der Waals surface area contributed by atoms with Crippen molar-refractivity contribution in [1.82, 2.24) is 14.5 Å². The molecule has 2 aromatic rings. The molecule has 3 rings (SSSR count). The van der Waals surface area contributed by atoms with Crippen molar-refractivity contribution in [1.29, 1.82) is 0 Å². The first-order valence-electron chi connectivity index (χ1n) is 7.77. The lowest BCUT2D eigenvalue weighted by Gasteiger charge is -2.16. The van der Waals surface area contributed by atoms with Crippen molar-refractivity contribution in [3.8, 4) is 0 Å². The highest BCUT2D eigenvalue weighted by Gasteiger charge is 2.19. The van der Waals surface area contributed by atoms with E-state index in [2.05, 4.69) is 10.3 Å². The van der Waals surface area contributed by atoms with Gasteiger partial charge in [-0.25, -0.2) is 4.98 Å². The summed E-state index contributed by atoms with van der Waals surface area (Å²) in [4.78, 5) is 30.1. The minimum atomic E-state index is -0.283. The summed E-state index contributed by atoms with van der Waals surface area (Å²) in [6.45, 7) is 3.79. The van der Waals surface area contributed by atoms with Crippen LogP contribution in [-0.4, -0.2) is 46.5 Å². The SMILES string of the molecule is Cc1ccc(NC(=O)CN(C)C(=O)c2cc3n(c2)CCOC3)nc1. The number of carbonyl (C=O) groups excluding carboxylic acids is 2. The zero-order valence-electron chi connectivity index (χ0n) is 13.8. The molecule has 1 N–H and O–H groups in total. The van der Waals surface area contributed by atoms with Gasteiger partial charge in [0.15, 0.2) is 0 Å². The topological polar surface area (TPSA) is 76.5 Å². The monoisotopic (exact) mass is 328 g/mol. The van der Waals surface area contributed by atoms with E-state index in [9.17, 15) is 9.59 Å². The van der Waals surface area contributed by atoms with Crippen molar-refractivity contribution < 1.29 is 14.3 Å². The number of carbonyl (C=O) groups is 2. The quantitative estimate of drug-likeness (QED) is 0.921. The molecule has 0 radical (unpaired) electrons. The van der Waals surface area contributed by atoms with Gasteiger partial charge in [0, 0.05) is 31.7 Å². The highest BCUT2D eigenvalue weighted by atomic mass is 16.5. The van der Waals surface area contributed by atoms with Gasteiger partial charge in [-0.3, -0.25) is 9.59 Å². The summed E-state index contributed by atoms with van der Waals surface area (Å²) in [5.74, 6) is 0.00125. The fourth-order valence-electron chi connectivity index (χ4n) is 2.57. The molecule has 0 atom stereocenters. The lowest BCUT2D eigenvalue weighted by molar-refractivity contribution is -0.116. The van der Waals surface area contributed by atoms with Gasteiger partial charge in [-0.15, -0.1) is 0 Å². The van der Waals surface area contributed by atoms with Crippen LogP contribution in [0.4, 0.5) is 5.82 Å². The third-order valence-electron chi connectivity index (χ3n) is 3.87. The van der Waals surface area contributed by atoms with Gasteiger partial charge in [-0.2, -0.15) is 0 Å². The molecule has 126 valence electrons. The molecule has 0 unspecified atom stereocenters. The first-order valence-corrected chi connectivity index (χ1v) is 7.77. The third kappa shape index (κ3) is 3.62. The Morgan fingerprint density at radius 3 is 2.96 bits per heavy atom. The largest absolute Gasteiger partial charge is 0.373 e. The molecule has 0 spiro atoms. The van der Waals surface area contributed by atoms with Gasteiger partial charge >= 0.3 is 0 Å². The molecule has 2 amide bonds. The van der Waals surface area contributed by atoms with Crippen LogP contribution in [0.3, 0.4) is 0 Å². The number of aromatic nitrogens is 2. The fraction of sp³-hybridized carbons (Fsp3) is 0.353. The number of ether oxygens (including phenoxy) is 1. The van der Waals surface area contributed by atoms with Gasteiger partial charge < -0.3 is 19.5 Å². The highest BCUT2D eigenvalue weighted by Crippen LogP contribution is 2.15. The van der Waals surface area contributed by atoms with Crippen LogP contribution in [0.25, 0.3) is 0 Å². The van der Waals surface area contributed by atoms with Gasteiger partial charge in [0.2, 0.25) is 5.91 Å². The van der Waals surface area contributed by atoms with Crippen LogP contribution in [0.15, 0.2) is 30.6 Å². The van der Waals surface area contributed by atoms with E-state index in [1.807, 2.05) is 29.8 Å². The molecular weight excluding hydrogens is 308 g/mol. The zero-order valence-corrected chi connectivity index (χ0v) is 13.8. The molecule has 3 heterocycles. The normalized spacial score (nSPS) is 13.2. The van der Waals surface area contributed by atoms with Gasteiger partial charge in [0.1, 0.15) is 5.82 Å². The number of rotatable bonds is 4. The summed E-state index contributed by atoms with van der Waals surface area (Å²) < 4.78 is 7.39. The summed E-state index contributed by atoms with van der Waals surface area (Å²) in [7, 11) is 1.61. The van der Waals surface area contributed by atoms with E-state index in [1.165, 1.54) is 4.90 Å². The van der Waals surface area contributed by atoms with Crippen molar-refractivity contribution in [2.24, 2.45) is 0 Å². The Kier molecular flexibility index (Phi) is 4.61. The van der Waals surface area contributed by atoms with Crippen molar-refractivity contribution in [2.45, 2.75) is 20.1 Å². The van der Waals surface area contributed by atoms with Gasteiger partial charge in [-0.1, -0.05) is 6.07 Å². The summed E-state index contributed by atoms with van der Waals surface area (Å²) in [5, 5.41) is 2.69. The number of nitrogens with one attached hydrogen (secondary N) is 1. The van der Waals surface area contributed by atoms with Crippen molar-refractivity contribution in [3.05, 3.63) is 47.4 Å². The summed E-state index contributed by atoms with van der Waals surface area (Å²) >= 11 is 0. The molecule has 0 saturated heterocycles. The molecule has 0 aromatic carbocycles. The van der Waals surface area contributed by atoms with E-state index >= 15 is 0 Å². The first-order chi connectivity index (χ1) is 11.5. The van der Waals surface area contributed by atoms with Gasteiger partial charge in [0.05, 0.1) is 25.3 Å². The molecule has 0 aliphatic carbocycles. The lowest BCUT2D eigenvalue weighted by Crippen LogP contribution is -2.34. The van der Waals surface area contributed by atoms with E-state index in [0.717, 1.165) is 17.8 Å². The van der Waals surface area contributed by atoms with Gasteiger partial charge in [-0.05, 0) is 24.6 Å². The van der Waals surface area contributed by atoms with Crippen molar-refractivity contribution in [2.75, 3.05) is 25.5 Å². The van der Waals surface area contributed by atoms with Crippen LogP contribution >= 0.6 is 0 Å². The zero-order chi connectivity index (χ0) is 17.1. The Bertz CT molecular complexity index is 728. The van der Waals surface area contributed by atoms with E-state index in [1.54, 1.807) is 19.3 Å². The Morgan fingerprint density at radius 2 is 2.25 bits per heavy atom. The average molecular weight is 328 g/mol. The molecule has 0 saturated carbocycles. The number of pyridine rings is 1. The fourth-order valence-corrected chi connectivity index (χ4v) is 2.57. The number of aryl methyl sites for hydroxylation is 1. The number of anilines is 1. The smallest absolute Gasteiger partial charge is 0.255 e. The number of likely N-dealkylation sites (N-methyl/N-ethyl adjacent to an activating group) is 1. The van der Waals surface area contributed by atoms with E-state index in [0.29, 0.717) is 24.6 Å². The first kappa shape index (κ1) is 16.2. The predicted octanol–water partition coefficient (Wildman–Crippen LogP) is 1.43. The molecule has 0 fully saturated rings. The molecule has 7 heteroatoms. The molecular formula is C17H20N4O3. The Labute approximate surface area is 140 Å². The Balaban J connectivity index is 1.60. The molecule has 1 aliphatic heterocycles. The summed E-state index contributed by atoms with van der Waals surface area (Å²) in [5.41, 5.74) is 2.56. The summed E-state index contributed by atoms with van der Waals surface area (Å²) in [6, 6.07) is 5.42. The average Bonchev–Trinajstić information content (AvgIpc) is 3.00. The third-order valence-corrected chi connectivity index (χ3v) is 3.87. The molecule has 24 heavy (non-hydrogen) atoms. The van der Waals surface area contributed by atoms with E-state index < -0.39 is 0 Å². The van der Waals surface area contributed by atoms with Crippen LogP contribution in [0.5, 0.6) is 0 Å². The second kappa shape index (κ2) is 6.84. The van der Waals surface area contributed by atoms with Crippen LogP contribution in [0, 0.1) is 6.92 Å². The maximum Gasteiger partial charge on any atom is 0.255 e. The lowest BCUT2D eigenvalue weighted by atomic mass is 10.2. The van der Waals surface area contributed by atoms with Crippen LogP contribution in [0.1, 0.15) is 21.6 Å². The highest BCUT2D eigenvalue weighted by molar-refractivity contribution is 5.99. The van der Waals surface area contributed by atoms with Crippen molar-refractivity contribution >= 4 is 17.6 Å². The molecule has 1 aliphatic rings. The number of hydrogen-bond donors (Lipinski definition) is 1. The van der Waals surface area contributed by atoms with Gasteiger partial charge in [0.25, 0.3) is 5.91 Å². The molecule has 2 aromatic heterocycles. The van der Waals surface area contributed by atoms with Crippen LogP contribution in [-0.2, 0) is 22.7 Å². The predicted molar refractivity (Wildman–Crippen MR) is 88.7 cm³/mol. The van der Waals surface area contributed by atoms with E-state index in [-0.39, 0.29) is 18.4 Å². The minimum absolute atomic E-state index is 0.0363. The maximum atomic E-state index is 12.5. The number of fused-ring (bicyclic) bond motifs is 1. The van der Waals surface area contributed by atoms with Crippen LogP contribution < -0.4 is 5.32 Å². The van der Waals surface area contributed by atoms with Crippen molar-refractivity contribution in [3.63, 3.8) is 0 Å². The number of hydrogen-bond acceptors (Lipinski definition) is 4. The van der Waals surface area contributed by atoms with E-state index in [4.69, 9.17) is 4.74 Å². The molecule has 0 bridgehead atoms.